The third-order valence-electron chi connectivity index (χ3n) is 6.76. The van der Waals surface area contributed by atoms with Crippen LogP contribution in [-0.2, 0) is 32.9 Å². The van der Waals surface area contributed by atoms with E-state index in [-0.39, 0.29) is 31.9 Å². The molecule has 4 heteroatoms. The van der Waals surface area contributed by atoms with Crippen LogP contribution in [0.5, 0.6) is 0 Å². The van der Waals surface area contributed by atoms with E-state index in [2.05, 4.69) is 113 Å². The van der Waals surface area contributed by atoms with Gasteiger partial charge in [0.05, 0.1) is 0 Å². The Hall–Kier alpha value is -3.55. The standard InChI is InChI=1S/C37H37N3.Pt/c1-36(2,3)26-27-14-10-15-28(24-27)32-20-12-22-34(38-32)40(31-18-8-7-9-19-31)35-23-13-21-33(39-35)29-16-11-17-30(25-29)37(4,5)6;/h7-14,17-25H,26H2,1-6H3;/q-2;+2. The smallest absolute Gasteiger partial charge is 0.280 e. The quantitative estimate of drug-likeness (QED) is 0.164. The zero-order valence-electron chi connectivity index (χ0n) is 24.7. The average molecular weight is 719 g/mol. The fourth-order valence-corrected chi connectivity index (χ4v) is 4.82. The van der Waals surface area contributed by atoms with Crippen LogP contribution in [0.1, 0.15) is 52.7 Å². The Morgan fingerprint density at radius 3 is 1.76 bits per heavy atom. The molecule has 0 N–H and O–H groups in total. The van der Waals surface area contributed by atoms with Crippen LogP contribution in [0.3, 0.4) is 0 Å². The van der Waals surface area contributed by atoms with Crippen molar-refractivity contribution in [1.82, 2.24) is 9.97 Å². The van der Waals surface area contributed by atoms with Crippen molar-refractivity contribution in [3.63, 3.8) is 0 Å². The predicted molar refractivity (Wildman–Crippen MR) is 167 cm³/mol. The maximum absolute atomic E-state index is 5.13. The Bertz CT molecular complexity index is 1600. The first-order chi connectivity index (χ1) is 19.1. The molecule has 0 amide bonds. The van der Waals surface area contributed by atoms with Crippen LogP contribution in [0.4, 0.5) is 17.3 Å². The van der Waals surface area contributed by atoms with Gasteiger partial charge in [0, 0.05) is 5.69 Å². The molecule has 2 heterocycles. The summed E-state index contributed by atoms with van der Waals surface area (Å²) in [7, 11) is 0. The van der Waals surface area contributed by atoms with Crippen LogP contribution < -0.4 is 4.90 Å². The number of hydrogen-bond acceptors (Lipinski definition) is 3. The molecule has 0 radical (unpaired) electrons. The van der Waals surface area contributed by atoms with E-state index in [0.717, 1.165) is 46.3 Å². The summed E-state index contributed by atoms with van der Waals surface area (Å²) in [5.41, 5.74) is 7.53. The van der Waals surface area contributed by atoms with Crippen LogP contribution in [0, 0.1) is 17.5 Å². The van der Waals surface area contributed by atoms with Crippen molar-refractivity contribution >= 4 is 17.3 Å². The Morgan fingerprint density at radius 1 is 0.634 bits per heavy atom. The number of anilines is 3. The van der Waals surface area contributed by atoms with E-state index < -0.39 is 0 Å². The Kier molecular flexibility index (Phi) is 9.30. The van der Waals surface area contributed by atoms with Gasteiger partial charge in [-0.05, 0) is 52.9 Å². The second-order valence-corrected chi connectivity index (χ2v) is 12.5. The summed E-state index contributed by atoms with van der Waals surface area (Å²) in [6.45, 7) is 13.5. The molecule has 0 aliphatic carbocycles. The van der Waals surface area contributed by atoms with E-state index >= 15 is 0 Å². The van der Waals surface area contributed by atoms with Gasteiger partial charge in [-0.2, -0.15) is 0 Å². The fourth-order valence-electron chi connectivity index (χ4n) is 4.82. The molecule has 0 fully saturated rings. The van der Waals surface area contributed by atoms with Crippen LogP contribution in [-0.4, -0.2) is 9.97 Å². The summed E-state index contributed by atoms with van der Waals surface area (Å²) in [5.74, 6) is 1.60. The molecular weight excluding hydrogens is 682 g/mol. The van der Waals surface area contributed by atoms with E-state index in [1.807, 2.05) is 48.5 Å². The molecule has 2 aromatic heterocycles. The molecule has 0 saturated carbocycles. The Balaban J connectivity index is 0.00000387. The van der Waals surface area contributed by atoms with E-state index in [0.29, 0.717) is 0 Å². The van der Waals surface area contributed by atoms with E-state index in [9.17, 15) is 0 Å². The predicted octanol–water partition coefficient (Wildman–Crippen LogP) is 9.76. The number of aromatic nitrogens is 2. The maximum Gasteiger partial charge on any atom is 2.00 e. The van der Waals surface area contributed by atoms with Crippen molar-refractivity contribution in [2.45, 2.75) is 53.4 Å². The zero-order valence-corrected chi connectivity index (χ0v) is 27.0. The molecule has 0 aliphatic rings. The summed E-state index contributed by atoms with van der Waals surface area (Å²) >= 11 is 0. The Morgan fingerprint density at radius 2 is 1.20 bits per heavy atom. The zero-order chi connectivity index (χ0) is 28.3. The second kappa shape index (κ2) is 12.5. The van der Waals surface area contributed by atoms with Gasteiger partial charge in [0.25, 0.3) is 0 Å². The van der Waals surface area contributed by atoms with E-state index in [1.54, 1.807) is 0 Å². The summed E-state index contributed by atoms with van der Waals surface area (Å²) in [6, 6.07) is 42.1. The van der Waals surface area contributed by atoms with Crippen molar-refractivity contribution in [2.75, 3.05) is 4.90 Å². The van der Waals surface area contributed by atoms with Gasteiger partial charge in [-0.25, -0.2) is 0 Å². The molecule has 210 valence electrons. The normalized spacial score (nSPS) is 11.6. The van der Waals surface area contributed by atoms with Gasteiger partial charge in [-0.15, -0.1) is 70.8 Å². The Labute approximate surface area is 260 Å². The van der Waals surface area contributed by atoms with Crippen LogP contribution in [0.25, 0.3) is 22.5 Å². The number of pyridine rings is 2. The van der Waals surface area contributed by atoms with Crippen molar-refractivity contribution in [2.24, 2.45) is 5.41 Å². The minimum absolute atomic E-state index is 0. The molecule has 3 nitrogen and oxygen atoms in total. The van der Waals surface area contributed by atoms with Crippen molar-refractivity contribution < 1.29 is 21.1 Å². The monoisotopic (exact) mass is 718 g/mol. The molecule has 5 aromatic rings. The molecule has 0 atom stereocenters. The van der Waals surface area contributed by atoms with Crippen molar-refractivity contribution in [3.8, 4) is 22.5 Å². The first kappa shape index (κ1) is 30.4. The number of nitrogens with zero attached hydrogens (tertiary/aromatic N) is 3. The molecule has 0 saturated heterocycles. The topological polar surface area (TPSA) is 29.0 Å². The van der Waals surface area contributed by atoms with E-state index in [1.165, 1.54) is 11.1 Å². The molecule has 0 unspecified atom stereocenters. The largest absolute Gasteiger partial charge is 2.00 e. The molecule has 5 rings (SSSR count). The molecular formula is C37H37N3Pt. The second-order valence-electron chi connectivity index (χ2n) is 12.5. The molecule has 3 aromatic carbocycles. The minimum Gasteiger partial charge on any atom is -0.280 e. The number of para-hydroxylation sites is 1. The molecule has 0 spiro atoms. The molecule has 41 heavy (non-hydrogen) atoms. The van der Waals surface area contributed by atoms with Gasteiger partial charge in [-0.3, -0.25) is 14.9 Å². The fraction of sp³-hybridized carbons (Fsp3) is 0.243. The summed E-state index contributed by atoms with van der Waals surface area (Å²) in [5, 5.41) is 0. The first-order valence-electron chi connectivity index (χ1n) is 13.9. The maximum atomic E-state index is 5.13. The van der Waals surface area contributed by atoms with Gasteiger partial charge < -0.3 is 0 Å². The van der Waals surface area contributed by atoms with Gasteiger partial charge in [-0.1, -0.05) is 84.0 Å². The number of rotatable bonds is 6. The van der Waals surface area contributed by atoms with Gasteiger partial charge in [0.15, 0.2) is 0 Å². The third kappa shape index (κ3) is 7.60. The SMILES string of the molecule is CC(C)(C)Cc1cc[c-]c(-c2cccc(N(c3ccccc3)c3cccc(-c4[c-]ccc(C(C)(C)C)c4)n3)n2)c1.[Pt+2]. The van der Waals surface area contributed by atoms with Crippen molar-refractivity contribution in [1.29, 1.82) is 0 Å². The van der Waals surface area contributed by atoms with Crippen LogP contribution >= 0.6 is 0 Å². The van der Waals surface area contributed by atoms with E-state index in [4.69, 9.17) is 9.97 Å². The van der Waals surface area contributed by atoms with Gasteiger partial charge in [0.1, 0.15) is 11.6 Å². The van der Waals surface area contributed by atoms with Crippen LogP contribution in [0.2, 0.25) is 0 Å². The number of benzene rings is 3. The average Bonchev–Trinajstić information content (AvgIpc) is 2.93. The number of hydrogen-bond donors (Lipinski definition) is 0. The first-order valence-corrected chi connectivity index (χ1v) is 13.9. The van der Waals surface area contributed by atoms with Gasteiger partial charge >= 0.3 is 21.1 Å². The molecule has 0 bridgehead atoms. The summed E-state index contributed by atoms with van der Waals surface area (Å²) < 4.78 is 0. The van der Waals surface area contributed by atoms with Crippen LogP contribution in [0.15, 0.2) is 103 Å². The summed E-state index contributed by atoms with van der Waals surface area (Å²) in [6.07, 6.45) is 0.995. The minimum atomic E-state index is 0. The third-order valence-corrected chi connectivity index (χ3v) is 6.76. The summed E-state index contributed by atoms with van der Waals surface area (Å²) in [4.78, 5) is 12.4. The van der Waals surface area contributed by atoms with Crippen molar-refractivity contribution in [3.05, 3.63) is 126 Å². The molecule has 0 aliphatic heterocycles. The van der Waals surface area contributed by atoms with Gasteiger partial charge in [0.2, 0.25) is 0 Å².